The van der Waals surface area contributed by atoms with Crippen molar-refractivity contribution < 1.29 is 4.79 Å². The minimum absolute atomic E-state index is 0.158. The van der Waals surface area contributed by atoms with E-state index in [1.807, 2.05) is 24.3 Å². The van der Waals surface area contributed by atoms with Crippen molar-refractivity contribution in [3.63, 3.8) is 0 Å². The zero-order valence-electron chi connectivity index (χ0n) is 15.1. The number of para-hydroxylation sites is 1. The van der Waals surface area contributed by atoms with Crippen LogP contribution in [0.4, 0.5) is 0 Å². The van der Waals surface area contributed by atoms with Gasteiger partial charge in [-0.25, -0.2) is 0 Å². The van der Waals surface area contributed by atoms with Gasteiger partial charge in [0.25, 0.3) is 0 Å². The number of aromatic nitrogens is 3. The van der Waals surface area contributed by atoms with E-state index >= 15 is 0 Å². The van der Waals surface area contributed by atoms with Crippen molar-refractivity contribution in [2.75, 3.05) is 5.75 Å². The molecular formula is C22H21N3OS. The van der Waals surface area contributed by atoms with E-state index in [2.05, 4.69) is 39.0 Å². The summed E-state index contributed by atoms with van der Waals surface area (Å²) in [4.78, 5) is 12.7. The molecule has 0 unspecified atom stereocenters. The zero-order chi connectivity index (χ0) is 18.2. The number of nitrogens with zero attached hydrogens (tertiary/aromatic N) is 3. The summed E-state index contributed by atoms with van der Waals surface area (Å²) in [5, 5.41) is 9.64. The van der Waals surface area contributed by atoms with Gasteiger partial charge in [-0.1, -0.05) is 42.1 Å². The topological polar surface area (TPSA) is 47.8 Å². The molecule has 0 aliphatic heterocycles. The van der Waals surface area contributed by atoms with Gasteiger partial charge >= 0.3 is 0 Å². The lowest BCUT2D eigenvalue weighted by atomic mass is 10.0. The van der Waals surface area contributed by atoms with Crippen molar-refractivity contribution in [3.05, 3.63) is 71.0 Å². The van der Waals surface area contributed by atoms with E-state index in [-0.39, 0.29) is 5.78 Å². The third-order valence-electron chi connectivity index (χ3n) is 5.37. The van der Waals surface area contributed by atoms with E-state index < -0.39 is 0 Å². The molecule has 1 aromatic heterocycles. The number of hydrogen-bond acceptors (Lipinski definition) is 4. The normalized spacial score (nSPS) is 15.7. The van der Waals surface area contributed by atoms with Gasteiger partial charge in [-0.2, -0.15) is 0 Å². The Morgan fingerprint density at radius 1 is 1.04 bits per heavy atom. The smallest absolute Gasteiger partial charge is 0.196 e. The molecule has 0 spiro atoms. The summed E-state index contributed by atoms with van der Waals surface area (Å²) in [7, 11) is 0. The first kappa shape index (κ1) is 16.8. The van der Waals surface area contributed by atoms with Gasteiger partial charge < -0.3 is 0 Å². The van der Waals surface area contributed by atoms with E-state index in [1.165, 1.54) is 42.2 Å². The van der Waals surface area contributed by atoms with Gasteiger partial charge in [0, 0.05) is 17.2 Å². The Morgan fingerprint density at radius 2 is 1.85 bits per heavy atom. The number of benzene rings is 2. The van der Waals surface area contributed by atoms with Crippen molar-refractivity contribution in [1.29, 1.82) is 0 Å². The van der Waals surface area contributed by atoms with Gasteiger partial charge in [-0.15, -0.1) is 10.2 Å². The van der Waals surface area contributed by atoms with Crippen LogP contribution in [0, 0.1) is 0 Å². The van der Waals surface area contributed by atoms with E-state index in [0.29, 0.717) is 11.7 Å². The monoisotopic (exact) mass is 375 g/mol. The van der Waals surface area contributed by atoms with Crippen molar-refractivity contribution in [1.82, 2.24) is 14.8 Å². The highest BCUT2D eigenvalue weighted by Crippen LogP contribution is 2.41. The number of ketones is 1. The van der Waals surface area contributed by atoms with Crippen LogP contribution in [0.5, 0.6) is 0 Å². The Hall–Kier alpha value is -2.40. The molecule has 0 bridgehead atoms. The van der Waals surface area contributed by atoms with Crippen molar-refractivity contribution in [2.45, 2.75) is 43.2 Å². The van der Waals surface area contributed by atoms with Crippen LogP contribution >= 0.6 is 11.8 Å². The summed E-state index contributed by atoms with van der Waals surface area (Å²) >= 11 is 1.48. The largest absolute Gasteiger partial charge is 0.293 e. The zero-order valence-corrected chi connectivity index (χ0v) is 15.9. The second-order valence-electron chi connectivity index (χ2n) is 7.33. The molecule has 2 aromatic carbocycles. The van der Waals surface area contributed by atoms with Crippen LogP contribution in [-0.2, 0) is 12.8 Å². The molecule has 1 saturated carbocycles. The Bertz CT molecular complexity index is 992. The van der Waals surface area contributed by atoms with Gasteiger partial charge in [0.1, 0.15) is 5.82 Å². The number of aryl methyl sites for hydroxylation is 2. The maximum atomic E-state index is 12.7. The number of rotatable bonds is 6. The average Bonchev–Trinajstić information content (AvgIpc) is 3.29. The maximum Gasteiger partial charge on any atom is 0.196 e. The first-order valence-corrected chi connectivity index (χ1v) is 10.6. The summed E-state index contributed by atoms with van der Waals surface area (Å²) in [5.41, 5.74) is 4.62. The molecule has 27 heavy (non-hydrogen) atoms. The van der Waals surface area contributed by atoms with E-state index in [1.54, 1.807) is 0 Å². The van der Waals surface area contributed by atoms with Crippen LogP contribution in [0.25, 0.3) is 5.69 Å². The Labute approximate surface area is 163 Å². The summed E-state index contributed by atoms with van der Waals surface area (Å²) in [6, 6.07) is 16.4. The van der Waals surface area contributed by atoms with E-state index in [9.17, 15) is 4.79 Å². The van der Waals surface area contributed by atoms with Crippen LogP contribution in [0.1, 0.15) is 52.5 Å². The van der Waals surface area contributed by atoms with Crippen LogP contribution in [0.3, 0.4) is 0 Å². The molecule has 4 nitrogen and oxygen atoms in total. The number of carbonyl (C=O) groups excluding carboxylic acids is 1. The highest BCUT2D eigenvalue weighted by atomic mass is 32.2. The minimum atomic E-state index is 0.158. The number of Topliss-reactive ketones (excluding diaryl/α,β-unsaturated/α-hetero) is 1. The molecule has 2 aliphatic rings. The molecule has 0 N–H and O–H groups in total. The quantitative estimate of drug-likeness (QED) is 0.466. The Balaban J connectivity index is 1.37. The molecule has 136 valence electrons. The predicted molar refractivity (Wildman–Crippen MR) is 107 cm³/mol. The van der Waals surface area contributed by atoms with Crippen LogP contribution < -0.4 is 0 Å². The van der Waals surface area contributed by atoms with Gasteiger partial charge in [0.2, 0.25) is 0 Å². The maximum absolute atomic E-state index is 12.7. The van der Waals surface area contributed by atoms with Crippen LogP contribution in [0.15, 0.2) is 53.7 Å². The van der Waals surface area contributed by atoms with Crippen LogP contribution in [0.2, 0.25) is 0 Å². The first-order valence-electron chi connectivity index (χ1n) is 9.58. The summed E-state index contributed by atoms with van der Waals surface area (Å²) < 4.78 is 2.12. The minimum Gasteiger partial charge on any atom is -0.293 e. The second-order valence-corrected chi connectivity index (χ2v) is 8.28. The van der Waals surface area contributed by atoms with Gasteiger partial charge in [-0.05, 0) is 61.4 Å². The second kappa shape index (κ2) is 6.97. The fourth-order valence-corrected chi connectivity index (χ4v) is 4.61. The van der Waals surface area contributed by atoms with Crippen LogP contribution in [-0.4, -0.2) is 26.3 Å². The number of carbonyl (C=O) groups is 1. The van der Waals surface area contributed by atoms with E-state index in [0.717, 1.165) is 35.1 Å². The van der Waals surface area contributed by atoms with Crippen molar-refractivity contribution in [2.24, 2.45) is 0 Å². The average molecular weight is 375 g/mol. The van der Waals surface area contributed by atoms with Gasteiger partial charge in [0.15, 0.2) is 10.9 Å². The predicted octanol–water partition coefficient (Wildman–Crippen LogP) is 4.61. The van der Waals surface area contributed by atoms with Gasteiger partial charge in [-0.3, -0.25) is 9.36 Å². The summed E-state index contributed by atoms with van der Waals surface area (Å²) in [5.74, 6) is 2.06. The molecule has 5 rings (SSSR count). The molecule has 0 atom stereocenters. The molecule has 0 radical (unpaired) electrons. The summed E-state index contributed by atoms with van der Waals surface area (Å²) in [6.45, 7) is 0. The summed E-state index contributed by atoms with van der Waals surface area (Å²) in [6.07, 6.45) is 5.78. The Morgan fingerprint density at radius 3 is 2.67 bits per heavy atom. The molecule has 1 fully saturated rings. The van der Waals surface area contributed by atoms with Gasteiger partial charge in [0.05, 0.1) is 5.75 Å². The standard InChI is InChI=1S/C22H21N3OS/c26-20(18-12-9-15-5-4-6-17(15)13-18)14-27-22-24-23-21(16-10-11-16)25(22)19-7-2-1-3-8-19/h1-3,7-9,12-13,16H,4-6,10-11,14H2. The Kier molecular flexibility index (Phi) is 4.32. The van der Waals surface area contributed by atoms with E-state index in [4.69, 9.17) is 0 Å². The fourth-order valence-electron chi connectivity index (χ4n) is 3.76. The number of thioether (sulfide) groups is 1. The third kappa shape index (κ3) is 3.32. The molecule has 3 aromatic rings. The highest BCUT2D eigenvalue weighted by Gasteiger charge is 2.31. The molecule has 5 heteroatoms. The fraction of sp³-hybridized carbons (Fsp3) is 0.318. The lowest BCUT2D eigenvalue weighted by molar-refractivity contribution is 0.102. The molecule has 2 aliphatic carbocycles. The first-order chi connectivity index (χ1) is 13.3. The SMILES string of the molecule is O=C(CSc1nnc(C2CC2)n1-c1ccccc1)c1ccc2c(c1)CCC2. The lowest BCUT2D eigenvalue weighted by Gasteiger charge is -2.09. The molecular weight excluding hydrogens is 354 g/mol. The number of hydrogen-bond donors (Lipinski definition) is 0. The van der Waals surface area contributed by atoms with Crippen molar-refractivity contribution >= 4 is 17.5 Å². The van der Waals surface area contributed by atoms with Crippen molar-refractivity contribution in [3.8, 4) is 5.69 Å². The third-order valence-corrected chi connectivity index (χ3v) is 6.30. The number of fused-ring (bicyclic) bond motifs is 1. The molecule has 0 saturated heterocycles. The lowest BCUT2D eigenvalue weighted by Crippen LogP contribution is -2.06. The molecule has 1 heterocycles. The molecule has 0 amide bonds. The highest BCUT2D eigenvalue weighted by molar-refractivity contribution is 7.99.